The van der Waals surface area contributed by atoms with E-state index in [1.54, 1.807) is 11.3 Å². The molecule has 1 fully saturated rings. The number of morpholine rings is 1. The molecule has 0 saturated carbocycles. The van der Waals surface area contributed by atoms with Gasteiger partial charge < -0.3 is 10.5 Å². The van der Waals surface area contributed by atoms with Crippen molar-refractivity contribution >= 4 is 27.1 Å². The lowest BCUT2D eigenvalue weighted by molar-refractivity contribution is 0.0344. The van der Waals surface area contributed by atoms with Crippen LogP contribution < -0.4 is 5.73 Å². The number of benzene rings is 1. The van der Waals surface area contributed by atoms with Crippen molar-refractivity contribution in [2.24, 2.45) is 0 Å². The van der Waals surface area contributed by atoms with Gasteiger partial charge in [0, 0.05) is 30.0 Å². The Morgan fingerprint density at radius 2 is 2.12 bits per heavy atom. The molecule has 0 atom stereocenters. The number of nitrogens with zero attached hydrogens (tertiary/aromatic N) is 1. The fourth-order valence-corrected chi connectivity index (χ4v) is 3.22. The maximum Gasteiger partial charge on any atom is 0.0594 e. The molecule has 2 N–H and O–H groups in total. The van der Waals surface area contributed by atoms with Gasteiger partial charge in [0.05, 0.1) is 13.2 Å². The smallest absolute Gasteiger partial charge is 0.0594 e. The van der Waals surface area contributed by atoms with Crippen molar-refractivity contribution in [3.63, 3.8) is 0 Å². The van der Waals surface area contributed by atoms with Crippen LogP contribution in [0.25, 0.3) is 10.1 Å². The molecule has 0 bridgehead atoms. The van der Waals surface area contributed by atoms with E-state index < -0.39 is 0 Å². The Morgan fingerprint density at radius 1 is 1.29 bits per heavy atom. The second-order valence-electron chi connectivity index (χ2n) is 4.41. The molecule has 1 aliphatic rings. The van der Waals surface area contributed by atoms with E-state index >= 15 is 0 Å². The van der Waals surface area contributed by atoms with Crippen LogP contribution in [0.1, 0.15) is 5.56 Å². The maximum atomic E-state index is 5.80. The quantitative estimate of drug-likeness (QED) is 0.829. The number of fused-ring (bicyclic) bond motifs is 1. The second kappa shape index (κ2) is 4.64. The van der Waals surface area contributed by atoms with E-state index in [1.807, 2.05) is 6.07 Å². The SMILES string of the molecule is Nc1ccc2c(CN3CCOCC3)csc2c1. The Hall–Kier alpha value is -1.10. The molecule has 0 unspecified atom stereocenters. The molecule has 0 amide bonds. The van der Waals surface area contributed by atoms with Gasteiger partial charge in [0.2, 0.25) is 0 Å². The first-order chi connectivity index (χ1) is 8.33. The summed E-state index contributed by atoms with van der Waals surface area (Å²) in [5, 5.41) is 3.59. The van der Waals surface area contributed by atoms with Gasteiger partial charge in [-0.2, -0.15) is 0 Å². The Morgan fingerprint density at radius 3 is 2.94 bits per heavy atom. The van der Waals surface area contributed by atoms with Crippen LogP contribution in [0.5, 0.6) is 0 Å². The van der Waals surface area contributed by atoms with Crippen molar-refractivity contribution in [3.8, 4) is 0 Å². The highest BCUT2D eigenvalue weighted by Crippen LogP contribution is 2.28. The first kappa shape index (κ1) is 11.0. The molecule has 2 aromatic rings. The Bertz CT molecular complexity index is 517. The fourth-order valence-electron chi connectivity index (χ4n) is 2.22. The summed E-state index contributed by atoms with van der Waals surface area (Å²) in [7, 11) is 0. The Labute approximate surface area is 105 Å². The minimum Gasteiger partial charge on any atom is -0.399 e. The minimum absolute atomic E-state index is 0.845. The number of nitrogen functional groups attached to an aromatic ring is 1. The van der Waals surface area contributed by atoms with Crippen LogP contribution in [0.3, 0.4) is 0 Å². The van der Waals surface area contributed by atoms with Crippen LogP contribution >= 0.6 is 11.3 Å². The highest BCUT2D eigenvalue weighted by molar-refractivity contribution is 7.17. The van der Waals surface area contributed by atoms with Crippen molar-refractivity contribution in [2.45, 2.75) is 6.54 Å². The van der Waals surface area contributed by atoms with Gasteiger partial charge in [-0.3, -0.25) is 4.90 Å². The Kier molecular flexibility index (Phi) is 3.01. The summed E-state index contributed by atoms with van der Waals surface area (Å²) in [6, 6.07) is 6.18. The van der Waals surface area contributed by atoms with Crippen LogP contribution in [-0.2, 0) is 11.3 Å². The van der Waals surface area contributed by atoms with Crippen LogP contribution in [0.4, 0.5) is 5.69 Å². The standard InChI is InChI=1S/C13H16N2OS/c14-11-1-2-12-10(9-17-13(12)7-11)8-15-3-5-16-6-4-15/h1-2,7,9H,3-6,8,14H2. The highest BCUT2D eigenvalue weighted by atomic mass is 32.1. The fraction of sp³-hybridized carbons (Fsp3) is 0.385. The predicted octanol–water partition coefficient (Wildman–Crippen LogP) is 2.32. The van der Waals surface area contributed by atoms with Crippen molar-refractivity contribution in [1.82, 2.24) is 4.90 Å². The van der Waals surface area contributed by atoms with Gasteiger partial charge in [-0.1, -0.05) is 6.07 Å². The van der Waals surface area contributed by atoms with Crippen LogP contribution in [0.2, 0.25) is 0 Å². The monoisotopic (exact) mass is 248 g/mol. The number of ether oxygens (including phenoxy) is 1. The van der Waals surface area contributed by atoms with E-state index in [-0.39, 0.29) is 0 Å². The van der Waals surface area contributed by atoms with E-state index in [1.165, 1.54) is 15.6 Å². The number of rotatable bonds is 2. The van der Waals surface area contributed by atoms with Crippen LogP contribution in [-0.4, -0.2) is 31.2 Å². The van der Waals surface area contributed by atoms with E-state index in [9.17, 15) is 0 Å². The third kappa shape index (κ3) is 2.29. The molecule has 2 heterocycles. The van der Waals surface area contributed by atoms with Crippen molar-refractivity contribution < 1.29 is 4.74 Å². The molecule has 0 aliphatic carbocycles. The second-order valence-corrected chi connectivity index (χ2v) is 5.32. The van der Waals surface area contributed by atoms with Gasteiger partial charge in [0.1, 0.15) is 0 Å². The van der Waals surface area contributed by atoms with E-state index in [0.717, 1.165) is 38.5 Å². The first-order valence-corrected chi connectivity index (χ1v) is 6.76. The highest BCUT2D eigenvalue weighted by Gasteiger charge is 2.13. The number of anilines is 1. The molecule has 0 spiro atoms. The summed E-state index contributed by atoms with van der Waals surface area (Å²) in [6.45, 7) is 4.80. The lowest BCUT2D eigenvalue weighted by Gasteiger charge is -2.26. The third-order valence-electron chi connectivity index (χ3n) is 3.18. The largest absolute Gasteiger partial charge is 0.399 e. The van der Waals surface area contributed by atoms with E-state index in [2.05, 4.69) is 22.4 Å². The summed E-state index contributed by atoms with van der Waals surface area (Å²) in [4.78, 5) is 2.45. The molecule has 90 valence electrons. The molecular weight excluding hydrogens is 232 g/mol. The zero-order valence-electron chi connectivity index (χ0n) is 9.69. The van der Waals surface area contributed by atoms with Gasteiger partial charge >= 0.3 is 0 Å². The maximum absolute atomic E-state index is 5.80. The van der Waals surface area contributed by atoms with Crippen molar-refractivity contribution in [1.29, 1.82) is 0 Å². The minimum atomic E-state index is 0.845. The average molecular weight is 248 g/mol. The van der Waals surface area contributed by atoms with Gasteiger partial charge in [-0.15, -0.1) is 11.3 Å². The molecule has 0 radical (unpaired) electrons. The normalized spacial score (nSPS) is 17.6. The molecule has 1 aromatic carbocycles. The summed E-state index contributed by atoms with van der Waals surface area (Å²) < 4.78 is 6.65. The number of nitrogens with two attached hydrogens (primary N) is 1. The number of thiophene rings is 1. The topological polar surface area (TPSA) is 38.5 Å². The van der Waals surface area contributed by atoms with E-state index in [0.29, 0.717) is 0 Å². The van der Waals surface area contributed by atoms with E-state index in [4.69, 9.17) is 10.5 Å². The average Bonchev–Trinajstić information content (AvgIpc) is 2.73. The molecule has 1 saturated heterocycles. The summed E-state index contributed by atoms with van der Waals surface area (Å²) >= 11 is 1.78. The molecule has 3 rings (SSSR count). The van der Waals surface area contributed by atoms with Gasteiger partial charge in [0.25, 0.3) is 0 Å². The van der Waals surface area contributed by atoms with Gasteiger partial charge in [-0.25, -0.2) is 0 Å². The summed E-state index contributed by atoms with van der Waals surface area (Å²) in [5.74, 6) is 0. The lowest BCUT2D eigenvalue weighted by atomic mass is 10.1. The van der Waals surface area contributed by atoms with Crippen molar-refractivity contribution in [3.05, 3.63) is 29.1 Å². The summed E-state index contributed by atoms with van der Waals surface area (Å²) in [5.41, 5.74) is 8.05. The predicted molar refractivity (Wildman–Crippen MR) is 72.3 cm³/mol. The molecule has 1 aliphatic heterocycles. The van der Waals surface area contributed by atoms with Crippen LogP contribution in [0, 0.1) is 0 Å². The molecule has 1 aromatic heterocycles. The molecule has 3 nitrogen and oxygen atoms in total. The zero-order chi connectivity index (χ0) is 11.7. The number of hydrogen-bond acceptors (Lipinski definition) is 4. The van der Waals surface area contributed by atoms with Crippen LogP contribution in [0.15, 0.2) is 23.6 Å². The van der Waals surface area contributed by atoms with Gasteiger partial charge in [-0.05, 0) is 28.5 Å². The zero-order valence-corrected chi connectivity index (χ0v) is 10.5. The lowest BCUT2D eigenvalue weighted by Crippen LogP contribution is -2.35. The Balaban J connectivity index is 1.84. The molecular formula is C13H16N2OS. The van der Waals surface area contributed by atoms with Gasteiger partial charge in [0.15, 0.2) is 0 Å². The molecule has 17 heavy (non-hydrogen) atoms. The third-order valence-corrected chi connectivity index (χ3v) is 4.17. The number of hydrogen-bond donors (Lipinski definition) is 1. The first-order valence-electron chi connectivity index (χ1n) is 5.88. The van der Waals surface area contributed by atoms with Crippen molar-refractivity contribution in [2.75, 3.05) is 32.0 Å². The summed E-state index contributed by atoms with van der Waals surface area (Å²) in [6.07, 6.45) is 0. The molecule has 4 heteroatoms.